The van der Waals surface area contributed by atoms with Crippen LogP contribution < -0.4 is 0 Å². The van der Waals surface area contributed by atoms with E-state index in [9.17, 15) is 14.0 Å². The van der Waals surface area contributed by atoms with Crippen LogP contribution >= 0.6 is 12.2 Å². The number of hydrogen-bond acceptors (Lipinski definition) is 7. The van der Waals surface area contributed by atoms with Crippen molar-refractivity contribution in [3.63, 3.8) is 0 Å². The van der Waals surface area contributed by atoms with Gasteiger partial charge < -0.3 is 0 Å². The van der Waals surface area contributed by atoms with E-state index < -0.39 is 44.0 Å². The molecule has 0 aromatic rings. The van der Waals surface area contributed by atoms with Crippen LogP contribution in [0.15, 0.2) is 0 Å². The zero-order valence-corrected chi connectivity index (χ0v) is 10.9. The molecule has 0 saturated carbocycles. The Labute approximate surface area is 99.5 Å². The first-order chi connectivity index (χ1) is 7.06. The van der Waals surface area contributed by atoms with Crippen LogP contribution in [0.1, 0.15) is 6.92 Å². The summed E-state index contributed by atoms with van der Waals surface area (Å²) in [6, 6.07) is 0. The standard InChI is InChI=1S/C6H13AsO8S/c1-2(8)3(9)4(10)5(11)6(16)15-7(12,13)14/h2-5,8-11H,1H3,(H2,12,13,14)/t2?,3-,4-,5-/m1/s1. The predicted molar refractivity (Wildman–Crippen MR) is 54.3 cm³/mol. The van der Waals surface area contributed by atoms with E-state index in [2.05, 4.69) is 15.9 Å². The molecule has 10 heteroatoms. The molecule has 0 heterocycles. The van der Waals surface area contributed by atoms with E-state index in [4.69, 9.17) is 18.4 Å². The van der Waals surface area contributed by atoms with Crippen molar-refractivity contribution >= 4 is 31.8 Å². The van der Waals surface area contributed by atoms with Crippen LogP contribution in [0.5, 0.6) is 0 Å². The van der Waals surface area contributed by atoms with E-state index in [1.165, 1.54) is 0 Å². The van der Waals surface area contributed by atoms with Crippen LogP contribution in [-0.2, 0) is 7.47 Å². The van der Waals surface area contributed by atoms with Gasteiger partial charge in [-0.1, -0.05) is 0 Å². The molecule has 0 spiro atoms. The molecule has 0 fully saturated rings. The summed E-state index contributed by atoms with van der Waals surface area (Å²) < 4.78 is 31.2. The number of rotatable bonds is 5. The minimum absolute atomic E-state index is 0.945. The van der Waals surface area contributed by atoms with Crippen molar-refractivity contribution in [2.45, 2.75) is 31.3 Å². The second kappa shape index (κ2) is 6.08. The van der Waals surface area contributed by atoms with Gasteiger partial charge in [-0.05, 0) is 0 Å². The zero-order chi connectivity index (χ0) is 13.1. The number of hydrogen-bond donors (Lipinski definition) is 6. The molecule has 0 aliphatic carbocycles. The fourth-order valence-corrected chi connectivity index (χ4v) is 2.15. The quantitative estimate of drug-likeness (QED) is 0.226. The summed E-state index contributed by atoms with van der Waals surface area (Å²) in [4.78, 5) is 0. The van der Waals surface area contributed by atoms with E-state index in [1.807, 2.05) is 0 Å². The van der Waals surface area contributed by atoms with E-state index >= 15 is 0 Å². The molecule has 4 atom stereocenters. The fourth-order valence-electron chi connectivity index (χ4n) is 0.783. The van der Waals surface area contributed by atoms with E-state index in [0.29, 0.717) is 0 Å². The summed E-state index contributed by atoms with van der Waals surface area (Å²) >= 11 is -1.21. The maximum absolute atomic E-state index is 10.4. The second-order valence-corrected chi connectivity index (χ2v) is 5.91. The van der Waals surface area contributed by atoms with Crippen LogP contribution in [0, 0.1) is 0 Å². The third kappa shape index (κ3) is 5.37. The Morgan fingerprint density at radius 1 is 1.19 bits per heavy atom. The maximum atomic E-state index is 10.4. The molecule has 16 heavy (non-hydrogen) atoms. The average molecular weight is 320 g/mol. The molecule has 0 aromatic heterocycles. The van der Waals surface area contributed by atoms with E-state index in [1.54, 1.807) is 0 Å². The topological polar surface area (TPSA) is 148 Å². The molecular weight excluding hydrogens is 307 g/mol. The Kier molecular flexibility index (Phi) is 6.08. The minimum atomic E-state index is -5.52. The van der Waals surface area contributed by atoms with Gasteiger partial charge in [0.15, 0.2) is 0 Å². The van der Waals surface area contributed by atoms with Crippen molar-refractivity contribution in [1.82, 2.24) is 0 Å². The molecule has 0 saturated heterocycles. The second-order valence-electron chi connectivity index (χ2n) is 3.07. The molecule has 8 nitrogen and oxygen atoms in total. The van der Waals surface area contributed by atoms with Crippen molar-refractivity contribution < 1.29 is 36.1 Å². The monoisotopic (exact) mass is 320 g/mol. The molecule has 1 unspecified atom stereocenters. The molecular formula is C6H13AsO8S. The normalized spacial score (nSPS) is 19.7. The Morgan fingerprint density at radius 3 is 1.94 bits per heavy atom. The van der Waals surface area contributed by atoms with Crippen LogP contribution in [0.4, 0.5) is 0 Å². The van der Waals surface area contributed by atoms with Gasteiger partial charge in [0.2, 0.25) is 0 Å². The van der Waals surface area contributed by atoms with Gasteiger partial charge in [-0.25, -0.2) is 0 Å². The molecule has 0 aliphatic heterocycles. The Morgan fingerprint density at radius 2 is 1.62 bits per heavy atom. The van der Waals surface area contributed by atoms with Gasteiger partial charge in [-0.2, -0.15) is 0 Å². The van der Waals surface area contributed by atoms with E-state index in [-0.39, 0.29) is 0 Å². The summed E-state index contributed by atoms with van der Waals surface area (Å²) in [6.07, 6.45) is -6.98. The SMILES string of the molecule is CC(O)[C@@H](O)[C@@H](O)[C@@H](O)C(=S)O[As](=O)(O)O. The van der Waals surface area contributed by atoms with Gasteiger partial charge in [-0.15, -0.1) is 0 Å². The first-order valence-corrected chi connectivity index (χ1v) is 7.69. The Balaban J connectivity index is 4.50. The average Bonchev–Trinajstić information content (AvgIpc) is 2.11. The van der Waals surface area contributed by atoms with Crippen molar-refractivity contribution in [3.05, 3.63) is 0 Å². The summed E-state index contributed by atoms with van der Waals surface area (Å²) in [5.41, 5.74) is 0. The van der Waals surface area contributed by atoms with E-state index in [0.717, 1.165) is 6.92 Å². The summed E-state index contributed by atoms with van der Waals surface area (Å²) in [7, 11) is 0. The molecule has 6 N–H and O–H groups in total. The predicted octanol–water partition coefficient (Wildman–Crippen LogP) is -3.36. The van der Waals surface area contributed by atoms with Crippen LogP contribution in [0.2, 0.25) is 0 Å². The first kappa shape index (κ1) is 16.0. The van der Waals surface area contributed by atoms with Crippen molar-refractivity contribution in [1.29, 1.82) is 0 Å². The number of thiocarbonyl (C=S) groups is 1. The molecule has 0 aromatic carbocycles. The summed E-state index contributed by atoms with van der Waals surface area (Å²) in [6.45, 7) is 1.15. The number of aliphatic hydroxyl groups excluding tert-OH is 4. The van der Waals surface area contributed by atoms with Crippen LogP contribution in [0.25, 0.3) is 0 Å². The molecule has 0 rings (SSSR count). The van der Waals surface area contributed by atoms with Crippen molar-refractivity contribution in [2.75, 3.05) is 0 Å². The van der Waals surface area contributed by atoms with Gasteiger partial charge in [0.05, 0.1) is 0 Å². The van der Waals surface area contributed by atoms with Crippen molar-refractivity contribution in [2.24, 2.45) is 0 Å². The Hall–Kier alpha value is 0.00844. The first-order valence-electron chi connectivity index (χ1n) is 4.07. The third-order valence-corrected chi connectivity index (χ3v) is 3.12. The van der Waals surface area contributed by atoms with Crippen LogP contribution in [0.3, 0.4) is 0 Å². The Bertz CT molecular complexity index is 288. The van der Waals surface area contributed by atoms with Gasteiger partial charge in [-0.3, -0.25) is 0 Å². The molecule has 96 valence electrons. The molecule has 0 radical (unpaired) electrons. The summed E-state index contributed by atoms with van der Waals surface area (Å²) in [5.74, 6) is 0. The molecule has 0 aliphatic rings. The fraction of sp³-hybridized carbons (Fsp3) is 0.833. The molecule has 0 bridgehead atoms. The van der Waals surface area contributed by atoms with Crippen molar-refractivity contribution in [3.8, 4) is 0 Å². The number of aliphatic hydroxyl groups is 4. The van der Waals surface area contributed by atoms with Gasteiger partial charge >= 0.3 is 99.2 Å². The van der Waals surface area contributed by atoms with Gasteiger partial charge in [0, 0.05) is 0 Å². The summed E-state index contributed by atoms with van der Waals surface area (Å²) in [5, 5.41) is 35.6. The van der Waals surface area contributed by atoms with Gasteiger partial charge in [0.25, 0.3) is 0 Å². The van der Waals surface area contributed by atoms with Crippen LogP contribution in [-0.4, -0.2) is 72.6 Å². The zero-order valence-electron chi connectivity index (χ0n) is 8.16. The van der Waals surface area contributed by atoms with Gasteiger partial charge in [0.1, 0.15) is 0 Å². The molecule has 0 amide bonds. The third-order valence-electron chi connectivity index (χ3n) is 1.62.